The first kappa shape index (κ1) is 17.8. The molecule has 1 aromatic heterocycles. The number of fused-ring (bicyclic) bond motifs is 1. The van der Waals surface area contributed by atoms with Gasteiger partial charge < -0.3 is 0 Å². The standard InChI is InChI=1S/C22H26N2S/c1-15(2)18-11-10-17(22(3,4)5)12-16(18)13-23-14-21-24-19-8-6-7-9-20(19)25-21/h6-13,15H,14H2,1-5H3. The molecule has 0 unspecified atom stereocenters. The quantitative estimate of drug-likeness (QED) is 0.504. The van der Waals surface area contributed by atoms with E-state index in [1.807, 2.05) is 12.3 Å². The molecule has 130 valence electrons. The smallest absolute Gasteiger partial charge is 0.115 e. The van der Waals surface area contributed by atoms with Crippen LogP contribution in [0.3, 0.4) is 0 Å². The van der Waals surface area contributed by atoms with Crippen molar-refractivity contribution >= 4 is 27.8 Å². The zero-order chi connectivity index (χ0) is 18.0. The Kier molecular flexibility index (Phi) is 5.05. The van der Waals surface area contributed by atoms with Crippen LogP contribution < -0.4 is 0 Å². The van der Waals surface area contributed by atoms with Gasteiger partial charge in [0.25, 0.3) is 0 Å². The van der Waals surface area contributed by atoms with E-state index in [2.05, 4.69) is 76.0 Å². The molecule has 0 bridgehead atoms. The van der Waals surface area contributed by atoms with Crippen LogP contribution in [0.25, 0.3) is 10.2 Å². The molecule has 1 heterocycles. The fourth-order valence-electron chi connectivity index (χ4n) is 2.89. The van der Waals surface area contributed by atoms with Crippen molar-refractivity contribution in [2.24, 2.45) is 4.99 Å². The number of para-hydroxylation sites is 1. The van der Waals surface area contributed by atoms with E-state index < -0.39 is 0 Å². The topological polar surface area (TPSA) is 25.2 Å². The van der Waals surface area contributed by atoms with Gasteiger partial charge in [-0.2, -0.15) is 0 Å². The van der Waals surface area contributed by atoms with E-state index in [1.165, 1.54) is 21.4 Å². The summed E-state index contributed by atoms with van der Waals surface area (Å²) in [6, 6.07) is 15.1. The molecule has 0 radical (unpaired) electrons. The van der Waals surface area contributed by atoms with Gasteiger partial charge in [-0.3, -0.25) is 4.99 Å². The Balaban J connectivity index is 1.86. The summed E-state index contributed by atoms with van der Waals surface area (Å²) in [6.45, 7) is 11.9. The fraction of sp³-hybridized carbons (Fsp3) is 0.364. The van der Waals surface area contributed by atoms with Gasteiger partial charge >= 0.3 is 0 Å². The summed E-state index contributed by atoms with van der Waals surface area (Å²) >= 11 is 1.73. The van der Waals surface area contributed by atoms with E-state index in [0.717, 1.165) is 10.5 Å². The van der Waals surface area contributed by atoms with E-state index >= 15 is 0 Å². The Hall–Kier alpha value is -2.00. The molecule has 3 rings (SSSR count). The fourth-order valence-corrected chi connectivity index (χ4v) is 3.79. The first-order chi connectivity index (χ1) is 11.8. The molecule has 0 spiro atoms. The maximum atomic E-state index is 4.70. The summed E-state index contributed by atoms with van der Waals surface area (Å²) in [5.74, 6) is 0.484. The maximum absolute atomic E-state index is 4.70. The zero-order valence-corrected chi connectivity index (χ0v) is 16.5. The van der Waals surface area contributed by atoms with E-state index in [1.54, 1.807) is 11.3 Å². The molecule has 0 saturated heterocycles. The maximum Gasteiger partial charge on any atom is 0.115 e. The van der Waals surface area contributed by atoms with Crippen molar-refractivity contribution in [3.05, 3.63) is 64.2 Å². The van der Waals surface area contributed by atoms with Gasteiger partial charge in [0.2, 0.25) is 0 Å². The first-order valence-electron chi connectivity index (χ1n) is 8.83. The molecule has 0 fully saturated rings. The lowest BCUT2D eigenvalue weighted by Gasteiger charge is -2.21. The third-order valence-electron chi connectivity index (χ3n) is 4.37. The largest absolute Gasteiger partial charge is 0.285 e. The number of hydrogen-bond donors (Lipinski definition) is 0. The highest BCUT2D eigenvalue weighted by atomic mass is 32.1. The summed E-state index contributed by atoms with van der Waals surface area (Å²) in [6.07, 6.45) is 2.02. The van der Waals surface area contributed by atoms with Crippen LogP contribution in [0, 0.1) is 0 Å². The van der Waals surface area contributed by atoms with E-state index in [4.69, 9.17) is 4.99 Å². The first-order valence-corrected chi connectivity index (χ1v) is 9.65. The van der Waals surface area contributed by atoms with Crippen molar-refractivity contribution in [3.63, 3.8) is 0 Å². The average molecular weight is 351 g/mol. The lowest BCUT2D eigenvalue weighted by Crippen LogP contribution is -2.12. The Bertz CT molecular complexity index is 865. The van der Waals surface area contributed by atoms with Gasteiger partial charge in [0, 0.05) is 6.21 Å². The predicted octanol–water partition coefficient (Wildman–Crippen LogP) is 6.34. The minimum absolute atomic E-state index is 0.144. The molecule has 0 amide bonds. The second-order valence-corrected chi connectivity index (χ2v) is 8.91. The van der Waals surface area contributed by atoms with Gasteiger partial charge in [0.1, 0.15) is 5.01 Å². The number of aromatic nitrogens is 1. The van der Waals surface area contributed by atoms with E-state index in [9.17, 15) is 0 Å². The highest BCUT2D eigenvalue weighted by molar-refractivity contribution is 7.18. The van der Waals surface area contributed by atoms with E-state index in [-0.39, 0.29) is 5.41 Å². The summed E-state index contributed by atoms with van der Waals surface area (Å²) < 4.78 is 1.23. The predicted molar refractivity (Wildman–Crippen MR) is 110 cm³/mol. The summed E-state index contributed by atoms with van der Waals surface area (Å²) in [4.78, 5) is 9.36. The molecule has 2 aromatic carbocycles. The number of aliphatic imine (C=N–C) groups is 1. The molecule has 3 aromatic rings. The lowest BCUT2D eigenvalue weighted by molar-refractivity contribution is 0.589. The zero-order valence-electron chi connectivity index (χ0n) is 15.7. The molecular formula is C22H26N2S. The molecule has 0 N–H and O–H groups in total. The molecule has 2 nitrogen and oxygen atoms in total. The van der Waals surface area contributed by atoms with Crippen LogP contribution in [0.5, 0.6) is 0 Å². The van der Waals surface area contributed by atoms with Gasteiger partial charge in [0.15, 0.2) is 0 Å². The molecule has 0 aliphatic carbocycles. The summed E-state index contributed by atoms with van der Waals surface area (Å²) in [5.41, 5.74) is 5.13. The van der Waals surface area contributed by atoms with Crippen LogP contribution >= 0.6 is 11.3 Å². The molecule has 0 aliphatic heterocycles. The molecule has 0 saturated carbocycles. The van der Waals surface area contributed by atoms with Gasteiger partial charge in [-0.15, -0.1) is 11.3 Å². The summed E-state index contributed by atoms with van der Waals surface area (Å²) in [5, 5.41) is 1.07. The highest BCUT2D eigenvalue weighted by Gasteiger charge is 2.16. The Morgan fingerprint density at radius 1 is 1.12 bits per heavy atom. The third kappa shape index (κ3) is 4.16. The van der Waals surface area contributed by atoms with Crippen molar-refractivity contribution in [1.82, 2.24) is 4.98 Å². The van der Waals surface area contributed by atoms with Crippen LogP contribution in [-0.4, -0.2) is 11.2 Å². The van der Waals surface area contributed by atoms with Gasteiger partial charge in [-0.25, -0.2) is 4.98 Å². The van der Waals surface area contributed by atoms with Crippen molar-refractivity contribution in [1.29, 1.82) is 0 Å². The van der Waals surface area contributed by atoms with Crippen LogP contribution in [0.15, 0.2) is 47.5 Å². The van der Waals surface area contributed by atoms with Crippen molar-refractivity contribution < 1.29 is 0 Å². The third-order valence-corrected chi connectivity index (χ3v) is 5.39. The Labute approximate surface area is 154 Å². The van der Waals surface area contributed by atoms with Gasteiger partial charge in [-0.1, -0.05) is 58.9 Å². The van der Waals surface area contributed by atoms with Crippen molar-refractivity contribution in [3.8, 4) is 0 Å². The van der Waals surface area contributed by atoms with Gasteiger partial charge in [-0.05, 0) is 46.2 Å². The van der Waals surface area contributed by atoms with Gasteiger partial charge in [0.05, 0.1) is 16.8 Å². The number of rotatable bonds is 4. The summed E-state index contributed by atoms with van der Waals surface area (Å²) in [7, 11) is 0. The molecular weight excluding hydrogens is 324 g/mol. The second-order valence-electron chi connectivity index (χ2n) is 7.79. The molecule has 25 heavy (non-hydrogen) atoms. The average Bonchev–Trinajstić information content (AvgIpc) is 2.96. The number of nitrogens with zero attached hydrogens (tertiary/aromatic N) is 2. The Morgan fingerprint density at radius 2 is 1.88 bits per heavy atom. The van der Waals surface area contributed by atoms with Crippen LogP contribution in [0.1, 0.15) is 62.2 Å². The number of hydrogen-bond acceptors (Lipinski definition) is 3. The van der Waals surface area contributed by atoms with Crippen LogP contribution in [0.4, 0.5) is 0 Å². The van der Waals surface area contributed by atoms with Crippen molar-refractivity contribution in [2.75, 3.05) is 0 Å². The van der Waals surface area contributed by atoms with Crippen LogP contribution in [-0.2, 0) is 12.0 Å². The minimum atomic E-state index is 0.144. The minimum Gasteiger partial charge on any atom is -0.285 e. The molecule has 0 atom stereocenters. The number of thiazole rings is 1. The van der Waals surface area contributed by atoms with Crippen LogP contribution in [0.2, 0.25) is 0 Å². The molecule has 3 heteroatoms. The normalized spacial score (nSPS) is 12.6. The monoisotopic (exact) mass is 350 g/mol. The number of benzene rings is 2. The van der Waals surface area contributed by atoms with Crippen molar-refractivity contribution in [2.45, 2.75) is 52.5 Å². The lowest BCUT2D eigenvalue weighted by atomic mass is 9.84. The van der Waals surface area contributed by atoms with E-state index in [0.29, 0.717) is 12.5 Å². The molecule has 0 aliphatic rings. The highest BCUT2D eigenvalue weighted by Crippen LogP contribution is 2.27. The second kappa shape index (κ2) is 7.09. The Morgan fingerprint density at radius 3 is 2.56 bits per heavy atom. The SMILES string of the molecule is CC(C)c1ccc(C(C)(C)C)cc1C=NCc1nc2ccccc2s1.